The van der Waals surface area contributed by atoms with Crippen LogP contribution in [-0.4, -0.2) is 17.2 Å². The van der Waals surface area contributed by atoms with Crippen LogP contribution < -0.4 is 5.43 Å². The van der Waals surface area contributed by atoms with Gasteiger partial charge in [0.1, 0.15) is 5.75 Å². The first-order chi connectivity index (χ1) is 12.1. The number of aryl methyl sites for hydroxylation is 1. The Balaban J connectivity index is 1.72. The topological polar surface area (TPSA) is 61.7 Å². The number of rotatable bonds is 4. The maximum atomic E-state index is 12.2. The average molecular weight is 397 g/mol. The predicted molar refractivity (Wildman–Crippen MR) is 104 cm³/mol. The van der Waals surface area contributed by atoms with E-state index in [1.54, 1.807) is 6.07 Å². The lowest BCUT2D eigenvalue weighted by Gasteiger charge is -2.07. The Labute approximate surface area is 154 Å². The van der Waals surface area contributed by atoms with E-state index in [9.17, 15) is 9.90 Å². The van der Waals surface area contributed by atoms with E-state index in [1.807, 2.05) is 55.5 Å². The van der Waals surface area contributed by atoms with Crippen molar-refractivity contribution in [2.45, 2.75) is 13.3 Å². The Bertz CT molecular complexity index is 967. The van der Waals surface area contributed by atoms with Crippen LogP contribution >= 0.6 is 15.9 Å². The van der Waals surface area contributed by atoms with E-state index in [0.717, 1.165) is 26.4 Å². The van der Waals surface area contributed by atoms with Crippen molar-refractivity contribution < 1.29 is 9.90 Å². The summed E-state index contributed by atoms with van der Waals surface area (Å²) in [7, 11) is 0. The number of para-hydroxylation sites is 1. The van der Waals surface area contributed by atoms with Crippen LogP contribution in [0.2, 0.25) is 0 Å². The van der Waals surface area contributed by atoms with Crippen LogP contribution in [0.25, 0.3) is 10.8 Å². The fraction of sp³-hybridized carbons (Fsp3) is 0.100. The molecule has 0 fully saturated rings. The van der Waals surface area contributed by atoms with Gasteiger partial charge in [-0.2, -0.15) is 5.10 Å². The zero-order chi connectivity index (χ0) is 17.8. The minimum atomic E-state index is -0.212. The summed E-state index contributed by atoms with van der Waals surface area (Å²) in [6, 6.07) is 17.2. The van der Waals surface area contributed by atoms with Crippen molar-refractivity contribution in [3.63, 3.8) is 0 Å². The summed E-state index contributed by atoms with van der Waals surface area (Å²) in [5.41, 5.74) is 4.77. The van der Waals surface area contributed by atoms with Gasteiger partial charge in [-0.05, 0) is 41.0 Å². The SMILES string of the molecule is Cc1cccc(/C=N/NC(=O)Cc2ccc(Br)c3ccccc23)c1O. The van der Waals surface area contributed by atoms with Gasteiger partial charge in [-0.25, -0.2) is 5.43 Å². The smallest absolute Gasteiger partial charge is 0.244 e. The number of halogens is 1. The highest BCUT2D eigenvalue weighted by molar-refractivity contribution is 9.10. The molecule has 0 bridgehead atoms. The van der Waals surface area contributed by atoms with Crippen LogP contribution in [0.5, 0.6) is 5.75 Å². The highest BCUT2D eigenvalue weighted by Gasteiger charge is 2.08. The number of phenolic OH excluding ortho intramolecular Hbond substituents is 1. The van der Waals surface area contributed by atoms with Gasteiger partial charge in [0.15, 0.2) is 0 Å². The molecule has 0 saturated heterocycles. The maximum absolute atomic E-state index is 12.2. The molecular weight excluding hydrogens is 380 g/mol. The quantitative estimate of drug-likeness (QED) is 0.509. The van der Waals surface area contributed by atoms with E-state index in [0.29, 0.717) is 5.56 Å². The normalized spacial score (nSPS) is 11.1. The van der Waals surface area contributed by atoms with Gasteiger partial charge in [0, 0.05) is 10.0 Å². The lowest BCUT2D eigenvalue weighted by atomic mass is 10.0. The summed E-state index contributed by atoms with van der Waals surface area (Å²) in [6.07, 6.45) is 1.67. The van der Waals surface area contributed by atoms with E-state index < -0.39 is 0 Å². The van der Waals surface area contributed by atoms with E-state index in [-0.39, 0.29) is 18.1 Å². The minimum Gasteiger partial charge on any atom is -0.507 e. The molecule has 0 saturated carbocycles. The molecule has 5 heteroatoms. The number of fused-ring (bicyclic) bond motifs is 1. The number of hydrogen-bond donors (Lipinski definition) is 2. The molecule has 4 nitrogen and oxygen atoms in total. The number of amides is 1. The van der Waals surface area contributed by atoms with Crippen LogP contribution in [0.15, 0.2) is 64.2 Å². The standard InChI is InChI=1S/C20H17BrN2O2/c1-13-5-4-6-15(20(13)25)12-22-23-19(24)11-14-9-10-18(21)17-8-3-2-7-16(14)17/h2-10,12,25H,11H2,1H3,(H,23,24)/b22-12+. The highest BCUT2D eigenvalue weighted by atomic mass is 79.9. The van der Waals surface area contributed by atoms with Crippen molar-refractivity contribution in [1.82, 2.24) is 5.43 Å². The number of nitrogens with one attached hydrogen (secondary N) is 1. The highest BCUT2D eigenvalue weighted by Crippen LogP contribution is 2.27. The molecule has 0 aliphatic heterocycles. The van der Waals surface area contributed by atoms with E-state index >= 15 is 0 Å². The molecule has 126 valence electrons. The third-order valence-electron chi connectivity index (χ3n) is 3.97. The Hall–Kier alpha value is -2.66. The van der Waals surface area contributed by atoms with Gasteiger partial charge in [0.25, 0.3) is 0 Å². The van der Waals surface area contributed by atoms with Crippen LogP contribution in [-0.2, 0) is 11.2 Å². The van der Waals surface area contributed by atoms with Gasteiger partial charge in [-0.15, -0.1) is 0 Å². The molecule has 0 unspecified atom stereocenters. The third-order valence-corrected chi connectivity index (χ3v) is 4.67. The molecule has 3 rings (SSSR count). The van der Waals surface area contributed by atoms with Gasteiger partial charge in [0.05, 0.1) is 12.6 Å². The number of benzene rings is 3. The molecule has 0 aliphatic rings. The van der Waals surface area contributed by atoms with Gasteiger partial charge in [-0.1, -0.05) is 58.4 Å². The van der Waals surface area contributed by atoms with Crippen LogP contribution in [0, 0.1) is 6.92 Å². The molecule has 0 heterocycles. The van der Waals surface area contributed by atoms with Crippen LogP contribution in [0.4, 0.5) is 0 Å². The van der Waals surface area contributed by atoms with E-state index in [1.165, 1.54) is 6.21 Å². The van der Waals surface area contributed by atoms with E-state index in [2.05, 4.69) is 26.5 Å². The molecule has 25 heavy (non-hydrogen) atoms. The van der Waals surface area contributed by atoms with Crippen LogP contribution in [0.1, 0.15) is 16.7 Å². The zero-order valence-electron chi connectivity index (χ0n) is 13.7. The predicted octanol–water partition coefficient (Wildman–Crippen LogP) is 4.31. The Morgan fingerprint density at radius 3 is 2.68 bits per heavy atom. The Morgan fingerprint density at radius 1 is 1.12 bits per heavy atom. The molecule has 0 radical (unpaired) electrons. The number of aromatic hydroxyl groups is 1. The summed E-state index contributed by atoms with van der Waals surface area (Å²) in [4.78, 5) is 12.2. The Kier molecular flexibility index (Phi) is 5.14. The molecule has 0 spiro atoms. The number of carbonyl (C=O) groups excluding carboxylic acids is 1. The molecule has 3 aromatic rings. The fourth-order valence-corrected chi connectivity index (χ4v) is 3.13. The lowest BCUT2D eigenvalue weighted by Crippen LogP contribution is -2.19. The maximum Gasteiger partial charge on any atom is 0.244 e. The fourth-order valence-electron chi connectivity index (χ4n) is 2.65. The monoisotopic (exact) mass is 396 g/mol. The van der Waals surface area contributed by atoms with Crippen molar-refractivity contribution in [2.24, 2.45) is 5.10 Å². The summed E-state index contributed by atoms with van der Waals surface area (Å²) in [6.45, 7) is 1.81. The lowest BCUT2D eigenvalue weighted by molar-refractivity contribution is -0.120. The zero-order valence-corrected chi connectivity index (χ0v) is 15.2. The average Bonchev–Trinajstić information content (AvgIpc) is 2.61. The number of hydrazone groups is 1. The van der Waals surface area contributed by atoms with Crippen molar-refractivity contribution >= 4 is 38.8 Å². The second-order valence-electron chi connectivity index (χ2n) is 5.73. The molecule has 3 aromatic carbocycles. The first-order valence-electron chi connectivity index (χ1n) is 7.83. The van der Waals surface area contributed by atoms with Crippen molar-refractivity contribution in [3.8, 4) is 5.75 Å². The molecule has 1 amide bonds. The van der Waals surface area contributed by atoms with Crippen LogP contribution in [0.3, 0.4) is 0 Å². The second-order valence-corrected chi connectivity index (χ2v) is 6.59. The summed E-state index contributed by atoms with van der Waals surface area (Å²) in [5.74, 6) is -0.0460. The molecular formula is C20H17BrN2O2. The summed E-state index contributed by atoms with van der Waals surface area (Å²) >= 11 is 3.53. The number of hydrogen-bond acceptors (Lipinski definition) is 3. The van der Waals surface area contributed by atoms with Gasteiger partial charge in [0.2, 0.25) is 5.91 Å². The van der Waals surface area contributed by atoms with Gasteiger partial charge >= 0.3 is 0 Å². The molecule has 0 aliphatic carbocycles. The van der Waals surface area contributed by atoms with Gasteiger partial charge < -0.3 is 5.11 Å². The second kappa shape index (κ2) is 7.49. The molecule has 2 N–H and O–H groups in total. The summed E-state index contributed by atoms with van der Waals surface area (Å²) < 4.78 is 1.00. The molecule has 0 atom stereocenters. The van der Waals surface area contributed by atoms with E-state index in [4.69, 9.17) is 0 Å². The van der Waals surface area contributed by atoms with Crippen molar-refractivity contribution in [2.75, 3.05) is 0 Å². The number of nitrogens with zero attached hydrogens (tertiary/aromatic N) is 1. The molecule has 0 aromatic heterocycles. The van der Waals surface area contributed by atoms with Gasteiger partial charge in [-0.3, -0.25) is 4.79 Å². The third kappa shape index (κ3) is 3.88. The first-order valence-corrected chi connectivity index (χ1v) is 8.62. The Morgan fingerprint density at radius 2 is 1.88 bits per heavy atom. The number of phenols is 1. The minimum absolute atomic E-state index is 0.166. The number of carbonyl (C=O) groups is 1. The van der Waals surface area contributed by atoms with Crippen molar-refractivity contribution in [3.05, 3.63) is 75.8 Å². The first kappa shape index (κ1) is 17.2. The summed E-state index contributed by atoms with van der Waals surface area (Å²) in [5, 5.41) is 16.0. The van der Waals surface area contributed by atoms with Crippen molar-refractivity contribution in [1.29, 1.82) is 0 Å². The largest absolute Gasteiger partial charge is 0.507 e.